The van der Waals surface area contributed by atoms with Crippen LogP contribution < -0.4 is 10.6 Å². The van der Waals surface area contributed by atoms with Crippen molar-refractivity contribution in [3.63, 3.8) is 0 Å². The van der Waals surface area contributed by atoms with E-state index in [1.54, 1.807) is 0 Å². The van der Waals surface area contributed by atoms with Gasteiger partial charge in [0.2, 0.25) is 0 Å². The van der Waals surface area contributed by atoms with E-state index in [2.05, 4.69) is 22.5 Å². The Labute approximate surface area is 255 Å². The predicted molar refractivity (Wildman–Crippen MR) is 163 cm³/mol. The molecule has 0 spiro atoms. The number of nitrogens with zero attached hydrogens (tertiary/aromatic N) is 1. The number of carbonyl (C=O) groups is 1. The molecule has 2 amide bonds. The van der Waals surface area contributed by atoms with Gasteiger partial charge in [0.25, 0.3) is 0 Å². The number of carbonyl (C=O) groups excluding carboxylic acids is 1. The van der Waals surface area contributed by atoms with Gasteiger partial charge in [-0.05, 0) is 79.4 Å². The fourth-order valence-corrected chi connectivity index (χ4v) is 9.08. The van der Waals surface area contributed by atoms with Crippen molar-refractivity contribution in [2.45, 2.75) is 95.2 Å². The van der Waals surface area contributed by atoms with Gasteiger partial charge < -0.3 is 30.3 Å². The fourth-order valence-electron chi connectivity index (χ4n) is 9.08. The highest BCUT2D eigenvalue weighted by atomic mass is 16.7. The topological polar surface area (TPSA) is 103 Å². The van der Waals surface area contributed by atoms with E-state index < -0.39 is 6.29 Å². The van der Waals surface area contributed by atoms with E-state index in [9.17, 15) is 15.0 Å². The van der Waals surface area contributed by atoms with Crippen LogP contribution in [0.1, 0.15) is 86.5 Å². The molecule has 2 aromatic carbocycles. The summed E-state index contributed by atoms with van der Waals surface area (Å²) in [4.78, 5) is 15.2. The van der Waals surface area contributed by atoms with Crippen molar-refractivity contribution >= 4 is 6.03 Å². The largest absolute Gasteiger partial charge is 0.392 e. The highest BCUT2D eigenvalue weighted by Gasteiger charge is 2.51. The first-order valence-electron chi connectivity index (χ1n) is 16.4. The second-order valence-electron chi connectivity index (χ2n) is 14.3. The number of benzene rings is 2. The number of hydrogen-bond donors (Lipinski definition) is 4. The normalized spacial score (nSPS) is 37.0. The minimum absolute atomic E-state index is 0.00808. The van der Waals surface area contributed by atoms with E-state index in [1.165, 1.54) is 19.3 Å². The van der Waals surface area contributed by atoms with Crippen LogP contribution in [-0.2, 0) is 22.6 Å². The van der Waals surface area contributed by atoms with Crippen LogP contribution in [0.3, 0.4) is 0 Å². The van der Waals surface area contributed by atoms with Crippen molar-refractivity contribution in [1.82, 2.24) is 15.5 Å². The summed E-state index contributed by atoms with van der Waals surface area (Å²) >= 11 is 0. The first-order chi connectivity index (χ1) is 20.8. The van der Waals surface area contributed by atoms with Crippen LogP contribution in [0.4, 0.5) is 4.79 Å². The van der Waals surface area contributed by atoms with Crippen molar-refractivity contribution in [3.8, 4) is 0 Å². The number of ether oxygens (including phenoxy) is 2. The van der Waals surface area contributed by atoms with Crippen LogP contribution in [0.25, 0.3) is 0 Å². The van der Waals surface area contributed by atoms with Gasteiger partial charge in [0.1, 0.15) is 0 Å². The second-order valence-corrected chi connectivity index (χ2v) is 14.3. The SMILES string of the molecule is C[C@@H]1[C@H](CN2CC[C@H](O)C2)O[C@H](c2ccc(CNC(=O)NC34CC5CC(CC(C5)C3)C4)cc2)O[C@@H]1c1ccc(CO)cc1. The summed E-state index contributed by atoms with van der Waals surface area (Å²) in [5.41, 5.74) is 3.92. The van der Waals surface area contributed by atoms with Crippen LogP contribution in [0.5, 0.6) is 0 Å². The Bertz CT molecular complexity index is 1230. The lowest BCUT2D eigenvalue weighted by molar-refractivity contribution is -0.276. The van der Waals surface area contributed by atoms with Gasteiger partial charge in [-0.2, -0.15) is 0 Å². The van der Waals surface area contributed by atoms with Crippen LogP contribution >= 0.6 is 0 Å². The van der Waals surface area contributed by atoms with Gasteiger partial charge in [0, 0.05) is 43.2 Å². The first-order valence-corrected chi connectivity index (χ1v) is 16.4. The van der Waals surface area contributed by atoms with Crippen molar-refractivity contribution < 1.29 is 24.5 Å². The van der Waals surface area contributed by atoms with Gasteiger partial charge in [-0.3, -0.25) is 4.90 Å². The zero-order valence-electron chi connectivity index (χ0n) is 25.3. The van der Waals surface area contributed by atoms with E-state index >= 15 is 0 Å². The van der Waals surface area contributed by atoms with Crippen LogP contribution in [0.15, 0.2) is 48.5 Å². The van der Waals surface area contributed by atoms with E-state index in [0.717, 1.165) is 78.8 Å². The van der Waals surface area contributed by atoms with Crippen LogP contribution in [0.2, 0.25) is 0 Å². The Balaban J connectivity index is 1.000. The molecule has 8 nitrogen and oxygen atoms in total. The molecule has 2 aliphatic heterocycles. The Morgan fingerprint density at radius 3 is 2.16 bits per heavy atom. The standard InChI is InChI=1S/C35H47N3O5/c1-22-31(20-38-11-10-30(40)19-38)42-33(43-32(22)28-6-4-24(21-39)5-7-28)29-8-2-23(3-9-29)18-36-34(41)37-35-15-25-12-26(16-35)14-27(13-25)17-35/h2-9,22,25-27,30-33,39-40H,10-21H2,1H3,(H2,36,37,41)/t22-,25?,26?,27?,30+,31+,32+,33+,35?/m1/s1. The molecule has 2 aromatic rings. The average molecular weight is 590 g/mol. The first kappa shape index (κ1) is 29.2. The number of urea groups is 1. The predicted octanol–water partition coefficient (Wildman–Crippen LogP) is 4.80. The molecule has 0 unspecified atom stereocenters. The number of β-amino-alcohol motifs (C(OH)–C–C–N with tert-alkyl or cyclic N) is 1. The maximum Gasteiger partial charge on any atom is 0.315 e. The molecule has 8 rings (SSSR count). The molecule has 6 aliphatic rings. The van der Waals surface area contributed by atoms with Crippen molar-refractivity contribution in [1.29, 1.82) is 0 Å². The highest BCUT2D eigenvalue weighted by molar-refractivity contribution is 5.75. The summed E-state index contributed by atoms with van der Waals surface area (Å²) in [7, 11) is 0. The van der Waals surface area contributed by atoms with Crippen LogP contribution in [-0.4, -0.2) is 58.5 Å². The Kier molecular flexibility index (Phi) is 8.24. The molecule has 2 saturated heterocycles. The molecule has 43 heavy (non-hydrogen) atoms. The number of nitrogens with one attached hydrogen (secondary N) is 2. The summed E-state index contributed by atoms with van der Waals surface area (Å²) < 4.78 is 13.2. The lowest BCUT2D eigenvalue weighted by atomic mass is 9.53. The monoisotopic (exact) mass is 589 g/mol. The number of likely N-dealkylation sites (tertiary alicyclic amines) is 1. The van der Waals surface area contributed by atoms with Gasteiger partial charge in [-0.15, -0.1) is 0 Å². The Morgan fingerprint density at radius 2 is 1.56 bits per heavy atom. The Morgan fingerprint density at radius 1 is 0.930 bits per heavy atom. The summed E-state index contributed by atoms with van der Waals surface area (Å²) in [6, 6.07) is 16.1. The minimum atomic E-state index is -0.530. The van der Waals surface area contributed by atoms with Crippen molar-refractivity contribution in [3.05, 3.63) is 70.8 Å². The molecule has 232 valence electrons. The van der Waals surface area contributed by atoms with Crippen LogP contribution in [0, 0.1) is 23.7 Å². The van der Waals surface area contributed by atoms with Crippen molar-refractivity contribution in [2.75, 3.05) is 19.6 Å². The van der Waals surface area contributed by atoms with E-state index in [0.29, 0.717) is 13.1 Å². The average Bonchev–Trinajstić information content (AvgIpc) is 3.41. The molecule has 4 bridgehead atoms. The third kappa shape index (κ3) is 6.36. The fraction of sp³-hybridized carbons (Fsp3) is 0.629. The molecular weight excluding hydrogens is 542 g/mol. The molecule has 2 heterocycles. The molecule has 0 aromatic heterocycles. The lowest BCUT2D eigenvalue weighted by Crippen LogP contribution is -2.61. The Hall–Kier alpha value is -2.49. The molecule has 0 radical (unpaired) electrons. The molecule has 4 saturated carbocycles. The summed E-state index contributed by atoms with van der Waals surface area (Å²) in [5, 5.41) is 26.1. The molecule has 8 heteroatoms. The number of aliphatic hydroxyl groups is 2. The minimum Gasteiger partial charge on any atom is -0.392 e. The third-order valence-corrected chi connectivity index (χ3v) is 10.9. The van der Waals surface area contributed by atoms with Gasteiger partial charge in [0.05, 0.1) is 24.9 Å². The maximum absolute atomic E-state index is 13.0. The van der Waals surface area contributed by atoms with E-state index in [1.807, 2.05) is 48.5 Å². The zero-order chi connectivity index (χ0) is 29.6. The quantitative estimate of drug-likeness (QED) is 0.353. The zero-order valence-corrected chi connectivity index (χ0v) is 25.3. The van der Waals surface area contributed by atoms with E-state index in [4.69, 9.17) is 9.47 Å². The molecule has 6 fully saturated rings. The smallest absolute Gasteiger partial charge is 0.315 e. The van der Waals surface area contributed by atoms with Crippen molar-refractivity contribution in [2.24, 2.45) is 23.7 Å². The summed E-state index contributed by atoms with van der Waals surface area (Å²) in [6.07, 6.45) is 7.28. The summed E-state index contributed by atoms with van der Waals surface area (Å²) in [6.45, 7) is 4.94. The molecule has 4 aliphatic carbocycles. The van der Waals surface area contributed by atoms with Gasteiger partial charge in [-0.1, -0.05) is 55.5 Å². The second kappa shape index (κ2) is 12.1. The number of rotatable bonds is 8. The van der Waals surface area contributed by atoms with Gasteiger partial charge >= 0.3 is 6.03 Å². The number of hydrogen-bond acceptors (Lipinski definition) is 6. The highest BCUT2D eigenvalue weighted by Crippen LogP contribution is 2.55. The maximum atomic E-state index is 13.0. The third-order valence-electron chi connectivity index (χ3n) is 10.9. The number of aliphatic hydroxyl groups excluding tert-OH is 2. The molecular formula is C35H47N3O5. The number of amides is 2. The van der Waals surface area contributed by atoms with Gasteiger partial charge in [0.15, 0.2) is 6.29 Å². The molecule has 5 atom stereocenters. The van der Waals surface area contributed by atoms with E-state index in [-0.39, 0.29) is 42.4 Å². The van der Waals surface area contributed by atoms with Gasteiger partial charge in [-0.25, -0.2) is 4.79 Å². The lowest BCUT2D eigenvalue weighted by Gasteiger charge is -2.56. The summed E-state index contributed by atoms with van der Waals surface area (Å²) in [5.74, 6) is 2.50. The molecule has 4 N–H and O–H groups in total.